The highest BCUT2D eigenvalue weighted by molar-refractivity contribution is 7.09. The molecule has 0 amide bonds. The van der Waals surface area contributed by atoms with E-state index in [-0.39, 0.29) is 5.56 Å². The zero-order chi connectivity index (χ0) is 13.8. The number of rotatable bonds is 5. The lowest BCUT2D eigenvalue weighted by Crippen LogP contribution is -2.12. The lowest BCUT2D eigenvalue weighted by molar-refractivity contribution is 0.0696. The molecule has 0 aliphatic heterocycles. The smallest absolute Gasteiger partial charge is 0.339 e. The minimum absolute atomic E-state index is 0.261. The van der Waals surface area contributed by atoms with Gasteiger partial charge in [0.1, 0.15) is 5.56 Å². The van der Waals surface area contributed by atoms with Gasteiger partial charge in [0, 0.05) is 17.1 Å². The molecular formula is C14H16N2O2S. The molecule has 5 heteroatoms. The minimum Gasteiger partial charge on any atom is -0.478 e. The van der Waals surface area contributed by atoms with Crippen LogP contribution in [-0.4, -0.2) is 22.6 Å². The van der Waals surface area contributed by atoms with Crippen molar-refractivity contribution in [3.05, 3.63) is 45.4 Å². The van der Waals surface area contributed by atoms with Crippen LogP contribution in [0.2, 0.25) is 0 Å². The largest absolute Gasteiger partial charge is 0.478 e. The van der Waals surface area contributed by atoms with Crippen LogP contribution in [0.25, 0.3) is 0 Å². The maximum atomic E-state index is 11.3. The first-order valence-electron chi connectivity index (χ1n) is 6.05. The van der Waals surface area contributed by atoms with Crippen LogP contribution >= 0.6 is 11.3 Å². The summed E-state index contributed by atoms with van der Waals surface area (Å²) in [5.74, 6) is -0.941. The molecule has 0 saturated heterocycles. The molecule has 2 N–H and O–H groups in total. The molecule has 0 radical (unpaired) electrons. The highest BCUT2D eigenvalue weighted by Crippen LogP contribution is 2.20. The monoisotopic (exact) mass is 276 g/mol. The Kier molecular flexibility index (Phi) is 4.16. The molecule has 19 heavy (non-hydrogen) atoms. The van der Waals surface area contributed by atoms with Crippen molar-refractivity contribution < 1.29 is 9.90 Å². The van der Waals surface area contributed by atoms with E-state index in [9.17, 15) is 9.90 Å². The molecule has 0 aromatic carbocycles. The van der Waals surface area contributed by atoms with Crippen molar-refractivity contribution in [2.24, 2.45) is 0 Å². The third kappa shape index (κ3) is 3.32. The van der Waals surface area contributed by atoms with Gasteiger partial charge in [-0.05, 0) is 37.8 Å². The lowest BCUT2D eigenvalue weighted by atomic mass is 10.1. The predicted molar refractivity (Wildman–Crippen MR) is 77.2 cm³/mol. The van der Waals surface area contributed by atoms with E-state index in [1.54, 1.807) is 24.3 Å². The lowest BCUT2D eigenvalue weighted by Gasteiger charge is -2.12. The number of hydrogen-bond acceptors (Lipinski definition) is 4. The number of anilines is 1. The second-order valence-corrected chi connectivity index (χ2v) is 5.37. The van der Waals surface area contributed by atoms with Gasteiger partial charge in [0.25, 0.3) is 0 Å². The Morgan fingerprint density at radius 1 is 1.47 bits per heavy atom. The van der Waals surface area contributed by atoms with E-state index in [1.165, 1.54) is 4.88 Å². The summed E-state index contributed by atoms with van der Waals surface area (Å²) >= 11 is 1.71. The summed E-state index contributed by atoms with van der Waals surface area (Å²) in [6, 6.07) is 5.88. The SMILES string of the molecule is Cc1cc(NCCc2cccs2)c(C(=O)O)c(C)n1. The number of aryl methyl sites for hydroxylation is 2. The second kappa shape index (κ2) is 5.84. The summed E-state index contributed by atoms with van der Waals surface area (Å²) < 4.78 is 0. The molecule has 4 nitrogen and oxygen atoms in total. The maximum Gasteiger partial charge on any atom is 0.339 e. The molecule has 0 saturated carbocycles. The number of nitrogens with one attached hydrogen (secondary N) is 1. The molecule has 100 valence electrons. The van der Waals surface area contributed by atoms with E-state index in [0.717, 1.165) is 12.1 Å². The molecule has 0 spiro atoms. The van der Waals surface area contributed by atoms with Crippen LogP contribution in [-0.2, 0) is 6.42 Å². The van der Waals surface area contributed by atoms with Gasteiger partial charge >= 0.3 is 5.97 Å². The average Bonchev–Trinajstić information content (AvgIpc) is 2.80. The number of nitrogens with zero attached hydrogens (tertiary/aromatic N) is 1. The Hall–Kier alpha value is -1.88. The molecule has 2 aromatic rings. The average molecular weight is 276 g/mol. The number of carboxylic acid groups (broad SMARTS) is 1. The van der Waals surface area contributed by atoms with Crippen LogP contribution in [0.5, 0.6) is 0 Å². The summed E-state index contributed by atoms with van der Waals surface area (Å²) in [5, 5.41) is 14.5. The zero-order valence-electron chi connectivity index (χ0n) is 10.9. The number of pyridine rings is 1. The van der Waals surface area contributed by atoms with E-state index in [0.29, 0.717) is 17.9 Å². The van der Waals surface area contributed by atoms with Crippen molar-refractivity contribution in [1.82, 2.24) is 4.98 Å². The maximum absolute atomic E-state index is 11.3. The van der Waals surface area contributed by atoms with Gasteiger partial charge in [-0.1, -0.05) is 6.07 Å². The van der Waals surface area contributed by atoms with Gasteiger partial charge in [-0.3, -0.25) is 4.98 Å². The Balaban J connectivity index is 2.12. The van der Waals surface area contributed by atoms with Crippen molar-refractivity contribution in [2.75, 3.05) is 11.9 Å². The normalized spacial score (nSPS) is 10.4. The first kappa shape index (κ1) is 13.5. The molecule has 0 bridgehead atoms. The first-order valence-corrected chi connectivity index (χ1v) is 6.93. The Morgan fingerprint density at radius 2 is 2.26 bits per heavy atom. The van der Waals surface area contributed by atoms with Gasteiger partial charge in [0.2, 0.25) is 0 Å². The predicted octanol–water partition coefficient (Wildman–Crippen LogP) is 3.11. The third-order valence-electron chi connectivity index (χ3n) is 2.81. The standard InChI is InChI=1S/C14H16N2O2S/c1-9-8-12(13(14(17)18)10(2)16-9)15-6-5-11-4-3-7-19-11/h3-4,7-8H,5-6H2,1-2H3,(H,15,16)(H,17,18). The van der Waals surface area contributed by atoms with E-state index in [1.807, 2.05) is 18.4 Å². The molecule has 0 atom stereocenters. The summed E-state index contributed by atoms with van der Waals surface area (Å²) in [7, 11) is 0. The second-order valence-electron chi connectivity index (χ2n) is 4.33. The summed E-state index contributed by atoms with van der Waals surface area (Å²) in [6.07, 6.45) is 0.886. The summed E-state index contributed by atoms with van der Waals surface area (Å²) in [5.41, 5.74) is 2.28. The highest BCUT2D eigenvalue weighted by Gasteiger charge is 2.14. The van der Waals surface area contributed by atoms with Crippen molar-refractivity contribution in [1.29, 1.82) is 0 Å². The summed E-state index contributed by atoms with van der Waals surface area (Å²) in [4.78, 5) is 16.7. The van der Waals surface area contributed by atoms with E-state index in [4.69, 9.17) is 0 Å². The molecule has 2 heterocycles. The zero-order valence-corrected chi connectivity index (χ0v) is 11.8. The van der Waals surface area contributed by atoms with Crippen LogP contribution in [0, 0.1) is 13.8 Å². The Labute approximate surface area is 116 Å². The van der Waals surface area contributed by atoms with Crippen molar-refractivity contribution in [2.45, 2.75) is 20.3 Å². The van der Waals surface area contributed by atoms with Gasteiger partial charge < -0.3 is 10.4 Å². The first-order chi connectivity index (χ1) is 9.08. The van der Waals surface area contributed by atoms with Gasteiger partial charge in [-0.2, -0.15) is 0 Å². The topological polar surface area (TPSA) is 62.2 Å². The molecule has 2 rings (SSSR count). The van der Waals surface area contributed by atoms with Gasteiger partial charge in [-0.25, -0.2) is 4.79 Å². The number of thiophene rings is 1. The van der Waals surface area contributed by atoms with Crippen molar-refractivity contribution >= 4 is 23.0 Å². The fourth-order valence-electron chi connectivity index (χ4n) is 2.01. The van der Waals surface area contributed by atoms with Crippen molar-refractivity contribution in [3.8, 4) is 0 Å². The Morgan fingerprint density at radius 3 is 2.89 bits per heavy atom. The third-order valence-corrected chi connectivity index (χ3v) is 3.75. The fourth-order valence-corrected chi connectivity index (χ4v) is 2.72. The number of carboxylic acids is 1. The van der Waals surface area contributed by atoms with Gasteiger partial charge in [0.15, 0.2) is 0 Å². The number of aromatic nitrogens is 1. The molecule has 2 aromatic heterocycles. The van der Waals surface area contributed by atoms with Gasteiger partial charge in [0.05, 0.1) is 11.4 Å². The van der Waals surface area contributed by atoms with E-state index < -0.39 is 5.97 Å². The molecule has 0 unspecified atom stereocenters. The molecule has 0 aliphatic rings. The van der Waals surface area contributed by atoms with Crippen LogP contribution < -0.4 is 5.32 Å². The van der Waals surface area contributed by atoms with Crippen molar-refractivity contribution in [3.63, 3.8) is 0 Å². The van der Waals surface area contributed by atoms with E-state index >= 15 is 0 Å². The number of hydrogen-bond donors (Lipinski definition) is 2. The number of carbonyl (C=O) groups is 1. The molecular weight excluding hydrogens is 260 g/mol. The Bertz CT molecular complexity index is 579. The number of aromatic carboxylic acids is 1. The quantitative estimate of drug-likeness (QED) is 0.880. The van der Waals surface area contributed by atoms with Crippen LogP contribution in [0.1, 0.15) is 26.6 Å². The fraction of sp³-hybridized carbons (Fsp3) is 0.286. The van der Waals surface area contributed by atoms with Crippen LogP contribution in [0.15, 0.2) is 23.6 Å². The van der Waals surface area contributed by atoms with Gasteiger partial charge in [-0.15, -0.1) is 11.3 Å². The van der Waals surface area contributed by atoms with E-state index in [2.05, 4.69) is 16.4 Å². The molecule has 0 fully saturated rings. The molecule has 0 aliphatic carbocycles. The summed E-state index contributed by atoms with van der Waals surface area (Å²) in [6.45, 7) is 4.30. The minimum atomic E-state index is -0.941. The van der Waals surface area contributed by atoms with Crippen LogP contribution in [0.4, 0.5) is 5.69 Å². The van der Waals surface area contributed by atoms with Crippen LogP contribution in [0.3, 0.4) is 0 Å². The highest BCUT2D eigenvalue weighted by atomic mass is 32.1.